The first-order chi connectivity index (χ1) is 15.7. The minimum absolute atomic E-state index is 0.120. The number of aromatic nitrogens is 2. The Balaban J connectivity index is 1.68. The second-order valence-corrected chi connectivity index (χ2v) is 9.21. The summed E-state index contributed by atoms with van der Waals surface area (Å²) in [5.41, 5.74) is 1.87. The third-order valence-electron chi connectivity index (χ3n) is 4.52. The number of nitrogens with one attached hydrogen (secondary N) is 2. The Morgan fingerprint density at radius 3 is 2.61 bits per heavy atom. The van der Waals surface area contributed by atoms with Crippen molar-refractivity contribution in [3.05, 3.63) is 77.6 Å². The number of anilines is 2. The fourth-order valence-electron chi connectivity index (χ4n) is 3.16. The van der Waals surface area contributed by atoms with Gasteiger partial charge in [-0.15, -0.1) is 0 Å². The van der Waals surface area contributed by atoms with Crippen LogP contribution in [0, 0.1) is 0 Å². The number of carbonyl (C=O) groups excluding carboxylic acids is 1. The molecule has 2 aromatic heterocycles. The lowest BCUT2D eigenvalue weighted by molar-refractivity contribution is 0.102. The molecule has 11 heteroatoms. The van der Waals surface area contributed by atoms with E-state index in [0.717, 1.165) is 6.26 Å². The van der Waals surface area contributed by atoms with E-state index in [4.69, 9.17) is 20.8 Å². The van der Waals surface area contributed by atoms with E-state index < -0.39 is 15.9 Å². The first-order valence-corrected chi connectivity index (χ1v) is 11.9. The van der Waals surface area contributed by atoms with Gasteiger partial charge >= 0.3 is 0 Å². The number of halogens is 1. The van der Waals surface area contributed by atoms with E-state index in [9.17, 15) is 13.2 Å². The van der Waals surface area contributed by atoms with Gasteiger partial charge in [0.25, 0.3) is 5.91 Å². The topological polar surface area (TPSA) is 115 Å². The van der Waals surface area contributed by atoms with Gasteiger partial charge in [0.15, 0.2) is 11.5 Å². The Bertz CT molecular complexity index is 1410. The zero-order valence-electron chi connectivity index (χ0n) is 17.6. The van der Waals surface area contributed by atoms with Crippen LogP contribution in [0.4, 0.5) is 11.4 Å². The molecular formula is C22H19ClN4O5S. The van der Waals surface area contributed by atoms with Crippen LogP contribution in [-0.2, 0) is 10.0 Å². The first kappa shape index (κ1) is 22.4. The molecule has 2 heterocycles. The van der Waals surface area contributed by atoms with Gasteiger partial charge in [0.1, 0.15) is 11.4 Å². The highest BCUT2D eigenvalue weighted by Crippen LogP contribution is 2.30. The molecule has 0 unspecified atom stereocenters. The van der Waals surface area contributed by atoms with Crippen molar-refractivity contribution in [2.45, 2.75) is 0 Å². The molecule has 0 radical (unpaired) electrons. The lowest BCUT2D eigenvalue weighted by Crippen LogP contribution is -2.14. The second kappa shape index (κ2) is 9.00. The van der Waals surface area contributed by atoms with Gasteiger partial charge in [0, 0.05) is 16.8 Å². The van der Waals surface area contributed by atoms with Crippen LogP contribution in [0.2, 0.25) is 5.02 Å². The molecule has 33 heavy (non-hydrogen) atoms. The van der Waals surface area contributed by atoms with Crippen LogP contribution in [0.15, 0.2) is 71.3 Å². The predicted molar refractivity (Wildman–Crippen MR) is 126 cm³/mol. The van der Waals surface area contributed by atoms with E-state index in [1.54, 1.807) is 59.3 Å². The van der Waals surface area contributed by atoms with Gasteiger partial charge in [-0.25, -0.2) is 13.1 Å². The summed E-state index contributed by atoms with van der Waals surface area (Å²) in [6.45, 7) is 0. The zero-order valence-corrected chi connectivity index (χ0v) is 19.1. The molecule has 2 N–H and O–H groups in total. The Morgan fingerprint density at radius 2 is 1.94 bits per heavy atom. The Morgan fingerprint density at radius 1 is 1.12 bits per heavy atom. The average Bonchev–Trinajstić information content (AvgIpc) is 3.43. The van der Waals surface area contributed by atoms with Crippen LogP contribution in [0.25, 0.3) is 17.1 Å². The Hall–Kier alpha value is -3.76. The number of rotatable bonds is 7. The van der Waals surface area contributed by atoms with Crippen LogP contribution in [0.3, 0.4) is 0 Å². The maximum absolute atomic E-state index is 13.0. The summed E-state index contributed by atoms with van der Waals surface area (Å²) >= 11 is 6.13. The monoisotopic (exact) mass is 486 g/mol. The molecule has 0 saturated carbocycles. The Labute approximate surface area is 195 Å². The van der Waals surface area contributed by atoms with Crippen molar-refractivity contribution >= 4 is 38.9 Å². The summed E-state index contributed by atoms with van der Waals surface area (Å²) in [7, 11) is -2.13. The molecule has 170 valence electrons. The summed E-state index contributed by atoms with van der Waals surface area (Å²) in [5, 5.41) is 7.68. The molecular weight excluding hydrogens is 468 g/mol. The number of furan rings is 1. The molecule has 2 aromatic carbocycles. The number of amides is 1. The van der Waals surface area contributed by atoms with Gasteiger partial charge in [0.2, 0.25) is 10.0 Å². The molecule has 0 aliphatic rings. The van der Waals surface area contributed by atoms with E-state index in [-0.39, 0.29) is 11.4 Å². The summed E-state index contributed by atoms with van der Waals surface area (Å²) in [6.07, 6.45) is 2.55. The molecule has 1 amide bonds. The molecule has 0 saturated heterocycles. The smallest absolute Gasteiger partial charge is 0.276 e. The highest BCUT2D eigenvalue weighted by Gasteiger charge is 2.19. The van der Waals surface area contributed by atoms with Crippen molar-refractivity contribution in [1.29, 1.82) is 0 Å². The van der Waals surface area contributed by atoms with E-state index >= 15 is 0 Å². The summed E-state index contributed by atoms with van der Waals surface area (Å²) in [4.78, 5) is 13.0. The molecule has 4 aromatic rings. The number of carbonyl (C=O) groups is 1. The molecule has 0 aliphatic heterocycles. The minimum Gasteiger partial charge on any atom is -0.495 e. The highest BCUT2D eigenvalue weighted by molar-refractivity contribution is 7.92. The first-order valence-electron chi connectivity index (χ1n) is 9.60. The van der Waals surface area contributed by atoms with Crippen molar-refractivity contribution in [3.63, 3.8) is 0 Å². The van der Waals surface area contributed by atoms with Crippen molar-refractivity contribution in [2.24, 2.45) is 0 Å². The number of methoxy groups -OCH3 is 1. The fraction of sp³-hybridized carbons (Fsp3) is 0.0909. The normalized spacial score (nSPS) is 11.2. The lowest BCUT2D eigenvalue weighted by atomic mass is 10.2. The van der Waals surface area contributed by atoms with Crippen LogP contribution in [-0.4, -0.2) is 37.5 Å². The van der Waals surface area contributed by atoms with Gasteiger partial charge in [-0.3, -0.25) is 9.52 Å². The van der Waals surface area contributed by atoms with Gasteiger partial charge in [-0.1, -0.05) is 17.7 Å². The van der Waals surface area contributed by atoms with Crippen LogP contribution >= 0.6 is 11.6 Å². The molecule has 9 nitrogen and oxygen atoms in total. The number of benzene rings is 2. The van der Waals surface area contributed by atoms with Crippen molar-refractivity contribution in [1.82, 2.24) is 9.78 Å². The minimum atomic E-state index is -3.55. The maximum Gasteiger partial charge on any atom is 0.276 e. The average molecular weight is 487 g/mol. The lowest BCUT2D eigenvalue weighted by Gasteiger charge is -2.12. The number of hydrogen-bond acceptors (Lipinski definition) is 6. The summed E-state index contributed by atoms with van der Waals surface area (Å²) in [5.74, 6) is 0.327. The van der Waals surface area contributed by atoms with E-state index in [1.165, 1.54) is 19.4 Å². The van der Waals surface area contributed by atoms with Gasteiger partial charge in [0.05, 0.1) is 31.0 Å². The number of hydrogen-bond donors (Lipinski definition) is 2. The quantitative estimate of drug-likeness (QED) is 0.399. The van der Waals surface area contributed by atoms with Gasteiger partial charge in [-0.05, 0) is 48.5 Å². The van der Waals surface area contributed by atoms with Crippen molar-refractivity contribution in [2.75, 3.05) is 23.4 Å². The van der Waals surface area contributed by atoms with Crippen LogP contribution in [0.5, 0.6) is 5.75 Å². The molecule has 0 aliphatic carbocycles. The largest absolute Gasteiger partial charge is 0.495 e. The third-order valence-corrected chi connectivity index (χ3v) is 5.35. The van der Waals surface area contributed by atoms with E-state index in [1.807, 2.05) is 0 Å². The summed E-state index contributed by atoms with van der Waals surface area (Å²) < 4.78 is 37.9. The summed E-state index contributed by atoms with van der Waals surface area (Å²) in [6, 6.07) is 16.7. The molecule has 0 atom stereocenters. The zero-order chi connectivity index (χ0) is 23.6. The number of nitrogens with zero attached hydrogens (tertiary/aromatic N) is 2. The molecule has 0 spiro atoms. The SMILES string of the molecule is COc1ccc(NC(=O)c2cc(-c3ccco3)n(-c3cccc(Cl)c3)n2)cc1NS(C)(=O)=O. The maximum atomic E-state index is 13.0. The molecule has 0 bridgehead atoms. The highest BCUT2D eigenvalue weighted by atomic mass is 35.5. The van der Waals surface area contributed by atoms with Crippen LogP contribution < -0.4 is 14.8 Å². The van der Waals surface area contributed by atoms with E-state index in [2.05, 4.69) is 15.1 Å². The molecule has 0 fully saturated rings. The number of ether oxygens (including phenoxy) is 1. The predicted octanol–water partition coefficient (Wildman–Crippen LogP) is 4.42. The molecule has 4 rings (SSSR count). The fourth-order valence-corrected chi connectivity index (χ4v) is 3.90. The number of sulfonamides is 1. The van der Waals surface area contributed by atoms with Crippen molar-refractivity contribution < 1.29 is 22.4 Å². The van der Waals surface area contributed by atoms with Crippen LogP contribution in [0.1, 0.15) is 10.5 Å². The van der Waals surface area contributed by atoms with E-state index in [0.29, 0.717) is 33.6 Å². The van der Waals surface area contributed by atoms with Gasteiger partial charge in [-0.2, -0.15) is 5.10 Å². The second-order valence-electron chi connectivity index (χ2n) is 7.03. The standard InChI is InChI=1S/C22H19ClN4O5S/c1-31-20-9-8-15(12-17(20)26-33(2,29)30)24-22(28)18-13-19(21-7-4-10-32-21)27(25-18)16-6-3-5-14(23)11-16/h3-13,26H,1-2H3,(H,24,28). The van der Waals surface area contributed by atoms with Gasteiger partial charge < -0.3 is 14.5 Å². The Kier molecular flexibility index (Phi) is 6.12. The van der Waals surface area contributed by atoms with Crippen molar-refractivity contribution in [3.8, 4) is 22.9 Å². The third kappa shape index (κ3) is 5.18.